The number of halogens is 5. The molecular weight excluding hydrogens is 300 g/mol. The van der Waals surface area contributed by atoms with Crippen LogP contribution in [0.1, 0.15) is 22.3 Å². The van der Waals surface area contributed by atoms with Crippen molar-refractivity contribution in [2.45, 2.75) is 18.6 Å². The summed E-state index contributed by atoms with van der Waals surface area (Å²) in [6.45, 7) is 0.647. The lowest BCUT2D eigenvalue weighted by Gasteiger charge is -2.17. The van der Waals surface area contributed by atoms with Gasteiger partial charge in [0.15, 0.2) is 0 Å². The van der Waals surface area contributed by atoms with Crippen LogP contribution in [0.25, 0.3) is 0 Å². The molecule has 2 N–H and O–H groups in total. The van der Waals surface area contributed by atoms with Crippen molar-refractivity contribution in [3.05, 3.63) is 35.1 Å². The molecule has 2 rings (SSSR count). The van der Waals surface area contributed by atoms with Crippen LogP contribution in [-0.2, 0) is 6.18 Å². The third kappa shape index (κ3) is 3.61. The Bertz CT molecular complexity index is 507. The van der Waals surface area contributed by atoms with Gasteiger partial charge in [0.25, 0.3) is 5.91 Å². The number of rotatable bonds is 1. The van der Waals surface area contributed by atoms with Crippen LogP contribution >= 0.6 is 12.4 Å². The Morgan fingerprint density at radius 2 is 1.95 bits per heavy atom. The van der Waals surface area contributed by atoms with Gasteiger partial charge in [-0.15, -0.1) is 12.4 Å². The fourth-order valence-electron chi connectivity index (χ4n) is 2.03. The van der Waals surface area contributed by atoms with E-state index in [4.69, 9.17) is 5.73 Å². The first-order chi connectivity index (χ1) is 8.77. The maximum Gasteiger partial charge on any atom is 0.416 e. The van der Waals surface area contributed by atoms with Gasteiger partial charge < -0.3 is 10.6 Å². The van der Waals surface area contributed by atoms with Gasteiger partial charge in [-0.2, -0.15) is 13.2 Å². The Balaban J connectivity index is 0.00000200. The zero-order valence-electron chi connectivity index (χ0n) is 10.3. The number of carbonyl (C=O) groups is 1. The molecule has 20 heavy (non-hydrogen) atoms. The fourth-order valence-corrected chi connectivity index (χ4v) is 2.03. The number of amides is 1. The van der Waals surface area contributed by atoms with Crippen LogP contribution in [0, 0.1) is 5.82 Å². The van der Waals surface area contributed by atoms with Crippen LogP contribution in [0.2, 0.25) is 0 Å². The molecule has 3 nitrogen and oxygen atoms in total. The van der Waals surface area contributed by atoms with Crippen molar-refractivity contribution in [2.75, 3.05) is 13.1 Å². The van der Waals surface area contributed by atoms with Crippen LogP contribution in [0.3, 0.4) is 0 Å². The van der Waals surface area contributed by atoms with Gasteiger partial charge in [0.05, 0.1) is 5.56 Å². The quantitative estimate of drug-likeness (QED) is 0.810. The Labute approximate surface area is 119 Å². The molecule has 1 saturated heterocycles. The first kappa shape index (κ1) is 16.7. The number of likely N-dealkylation sites (tertiary alicyclic amines) is 1. The van der Waals surface area contributed by atoms with Gasteiger partial charge in [0.1, 0.15) is 5.82 Å². The van der Waals surface area contributed by atoms with Gasteiger partial charge in [0.2, 0.25) is 0 Å². The summed E-state index contributed by atoms with van der Waals surface area (Å²) in [5, 5.41) is 0. The molecular formula is C12H13ClF4N2O. The SMILES string of the molecule is Cl.N[C@H]1CCN(C(=O)c2cc(F)cc(C(F)(F)F)c2)C1. The van der Waals surface area contributed by atoms with Crippen molar-refractivity contribution in [1.29, 1.82) is 0 Å². The summed E-state index contributed by atoms with van der Waals surface area (Å²) in [7, 11) is 0. The Kier molecular flexibility index (Phi) is 4.99. The molecule has 1 atom stereocenters. The molecule has 1 aromatic carbocycles. The number of nitrogens with two attached hydrogens (primary N) is 1. The summed E-state index contributed by atoms with van der Waals surface area (Å²) in [6, 6.07) is 1.66. The maximum atomic E-state index is 13.2. The third-order valence-corrected chi connectivity index (χ3v) is 2.98. The van der Waals surface area contributed by atoms with Gasteiger partial charge in [-0.1, -0.05) is 0 Å². The summed E-state index contributed by atoms with van der Waals surface area (Å²) in [6.07, 6.45) is -4.09. The van der Waals surface area contributed by atoms with Crippen LogP contribution in [0.5, 0.6) is 0 Å². The van der Waals surface area contributed by atoms with Crippen LogP contribution in [-0.4, -0.2) is 29.9 Å². The van der Waals surface area contributed by atoms with E-state index >= 15 is 0 Å². The molecule has 0 aliphatic carbocycles. The monoisotopic (exact) mass is 312 g/mol. The number of benzene rings is 1. The highest BCUT2D eigenvalue weighted by atomic mass is 35.5. The molecule has 0 bridgehead atoms. The molecule has 1 aromatic rings. The van der Waals surface area contributed by atoms with Gasteiger partial charge in [-0.3, -0.25) is 4.79 Å². The van der Waals surface area contributed by atoms with E-state index in [2.05, 4.69) is 0 Å². The van der Waals surface area contributed by atoms with E-state index in [0.29, 0.717) is 25.1 Å². The Morgan fingerprint density at radius 1 is 1.30 bits per heavy atom. The molecule has 0 saturated carbocycles. The largest absolute Gasteiger partial charge is 0.416 e. The molecule has 1 heterocycles. The first-order valence-corrected chi connectivity index (χ1v) is 5.70. The second-order valence-corrected chi connectivity index (χ2v) is 4.53. The minimum absolute atomic E-state index is 0. The summed E-state index contributed by atoms with van der Waals surface area (Å²) >= 11 is 0. The van der Waals surface area contributed by atoms with E-state index in [1.807, 2.05) is 0 Å². The zero-order valence-corrected chi connectivity index (χ0v) is 11.1. The molecule has 112 valence electrons. The van der Waals surface area contributed by atoms with Crippen molar-refractivity contribution in [2.24, 2.45) is 5.73 Å². The standard InChI is InChI=1S/C12H12F4N2O.ClH/c13-9-4-7(3-8(5-9)12(14,15)16)11(19)18-2-1-10(17)6-18;/h3-5,10H,1-2,6,17H2;1H/t10-;/m0./s1. The molecule has 1 aliphatic heterocycles. The van der Waals surface area contributed by atoms with Crippen molar-refractivity contribution in [3.8, 4) is 0 Å². The van der Waals surface area contributed by atoms with E-state index in [9.17, 15) is 22.4 Å². The lowest BCUT2D eigenvalue weighted by Crippen LogP contribution is -2.32. The predicted molar refractivity (Wildman–Crippen MR) is 67.1 cm³/mol. The van der Waals surface area contributed by atoms with Crippen molar-refractivity contribution < 1.29 is 22.4 Å². The summed E-state index contributed by atoms with van der Waals surface area (Å²) in [5.41, 5.74) is 4.15. The highest BCUT2D eigenvalue weighted by Crippen LogP contribution is 2.30. The van der Waals surface area contributed by atoms with Gasteiger partial charge >= 0.3 is 6.18 Å². The molecule has 0 radical (unpaired) electrons. The molecule has 1 fully saturated rings. The number of alkyl halides is 3. The van der Waals surface area contributed by atoms with Crippen LogP contribution in [0.4, 0.5) is 17.6 Å². The Morgan fingerprint density at radius 3 is 2.45 bits per heavy atom. The van der Waals surface area contributed by atoms with Gasteiger partial charge in [0, 0.05) is 24.7 Å². The van der Waals surface area contributed by atoms with E-state index in [-0.39, 0.29) is 30.6 Å². The van der Waals surface area contributed by atoms with Crippen molar-refractivity contribution in [3.63, 3.8) is 0 Å². The second-order valence-electron chi connectivity index (χ2n) is 4.53. The highest BCUT2D eigenvalue weighted by molar-refractivity contribution is 5.94. The summed E-state index contributed by atoms with van der Waals surface area (Å²) < 4.78 is 50.8. The third-order valence-electron chi connectivity index (χ3n) is 2.98. The number of nitrogens with zero attached hydrogens (tertiary/aromatic N) is 1. The second kappa shape index (κ2) is 5.97. The van der Waals surface area contributed by atoms with Crippen LogP contribution in [0.15, 0.2) is 18.2 Å². The molecule has 1 aliphatic rings. The Hall–Kier alpha value is -1.34. The topological polar surface area (TPSA) is 46.3 Å². The van der Waals surface area contributed by atoms with E-state index in [1.54, 1.807) is 0 Å². The molecule has 0 unspecified atom stereocenters. The molecule has 0 spiro atoms. The number of carbonyl (C=O) groups excluding carboxylic acids is 1. The zero-order chi connectivity index (χ0) is 14.2. The molecule has 0 aromatic heterocycles. The first-order valence-electron chi connectivity index (χ1n) is 5.70. The molecule has 1 amide bonds. The predicted octanol–water partition coefficient (Wildman–Crippen LogP) is 2.44. The van der Waals surface area contributed by atoms with Crippen LogP contribution < -0.4 is 5.73 Å². The van der Waals surface area contributed by atoms with E-state index < -0.39 is 23.5 Å². The highest BCUT2D eigenvalue weighted by Gasteiger charge is 2.33. The summed E-state index contributed by atoms with van der Waals surface area (Å²) in [4.78, 5) is 13.3. The normalized spacial score (nSPS) is 18.9. The minimum Gasteiger partial charge on any atom is -0.337 e. The molecule has 8 heteroatoms. The number of hydrogen-bond donors (Lipinski definition) is 1. The maximum absolute atomic E-state index is 13.2. The fraction of sp³-hybridized carbons (Fsp3) is 0.417. The summed E-state index contributed by atoms with van der Waals surface area (Å²) in [5.74, 6) is -1.71. The average molecular weight is 313 g/mol. The van der Waals surface area contributed by atoms with E-state index in [0.717, 1.165) is 6.07 Å². The smallest absolute Gasteiger partial charge is 0.337 e. The van der Waals surface area contributed by atoms with Crippen molar-refractivity contribution >= 4 is 18.3 Å². The lowest BCUT2D eigenvalue weighted by atomic mass is 10.1. The van der Waals surface area contributed by atoms with Crippen molar-refractivity contribution in [1.82, 2.24) is 4.90 Å². The lowest BCUT2D eigenvalue weighted by molar-refractivity contribution is -0.137. The average Bonchev–Trinajstić information content (AvgIpc) is 2.73. The van der Waals surface area contributed by atoms with E-state index in [1.165, 1.54) is 4.90 Å². The number of hydrogen-bond acceptors (Lipinski definition) is 2. The van der Waals surface area contributed by atoms with Gasteiger partial charge in [-0.25, -0.2) is 4.39 Å². The van der Waals surface area contributed by atoms with Gasteiger partial charge in [-0.05, 0) is 24.6 Å². The minimum atomic E-state index is -4.68.